The summed E-state index contributed by atoms with van der Waals surface area (Å²) in [7, 11) is 1.63. The van der Waals surface area contributed by atoms with Crippen molar-refractivity contribution < 1.29 is 23.5 Å². The summed E-state index contributed by atoms with van der Waals surface area (Å²) in [6, 6.07) is 11.0. The third kappa shape index (κ3) is 4.65. The van der Waals surface area contributed by atoms with Crippen molar-refractivity contribution in [3.63, 3.8) is 0 Å². The molecule has 0 unspecified atom stereocenters. The van der Waals surface area contributed by atoms with E-state index in [1.165, 1.54) is 4.90 Å². The van der Waals surface area contributed by atoms with E-state index in [2.05, 4.69) is 0 Å². The van der Waals surface area contributed by atoms with Gasteiger partial charge in [-0.1, -0.05) is 11.6 Å². The van der Waals surface area contributed by atoms with E-state index < -0.39 is 12.1 Å². The molecule has 1 fully saturated rings. The first-order valence-electron chi connectivity index (χ1n) is 8.40. The number of carbonyl (C=O) groups excluding carboxylic acids is 2. The molecule has 1 aliphatic rings. The van der Waals surface area contributed by atoms with Gasteiger partial charge in [-0.2, -0.15) is 0 Å². The van der Waals surface area contributed by atoms with Crippen molar-refractivity contribution in [1.29, 1.82) is 0 Å². The van der Waals surface area contributed by atoms with Crippen LogP contribution in [0.25, 0.3) is 11.3 Å². The highest BCUT2D eigenvalue weighted by atomic mass is 35.5. The van der Waals surface area contributed by atoms with Gasteiger partial charge in [0.25, 0.3) is 5.91 Å². The Bertz CT molecular complexity index is 764. The van der Waals surface area contributed by atoms with Crippen molar-refractivity contribution in [3.05, 3.63) is 47.2 Å². The minimum absolute atomic E-state index is 0.282. The summed E-state index contributed by atoms with van der Waals surface area (Å²) in [5.41, 5.74) is 0.903. The molecule has 0 spiro atoms. The molecule has 26 heavy (non-hydrogen) atoms. The molecule has 0 N–H and O–H groups in total. The minimum Gasteiger partial charge on any atom is -0.459 e. The Morgan fingerprint density at radius 3 is 2.69 bits per heavy atom. The number of benzene rings is 1. The average Bonchev–Trinajstić information content (AvgIpc) is 3.32. The van der Waals surface area contributed by atoms with E-state index in [-0.39, 0.29) is 19.1 Å². The highest BCUT2D eigenvalue weighted by Gasteiger charge is 2.26. The van der Waals surface area contributed by atoms with Crippen LogP contribution in [0.4, 0.5) is 0 Å². The molecule has 0 bridgehead atoms. The van der Waals surface area contributed by atoms with E-state index in [4.69, 9.17) is 25.5 Å². The number of hydrogen-bond acceptors (Lipinski definition) is 5. The van der Waals surface area contributed by atoms with Gasteiger partial charge in [0, 0.05) is 24.2 Å². The van der Waals surface area contributed by atoms with Gasteiger partial charge in [0.1, 0.15) is 11.5 Å². The molecular weight excluding hydrogens is 358 g/mol. The van der Waals surface area contributed by atoms with Gasteiger partial charge >= 0.3 is 5.97 Å². The van der Waals surface area contributed by atoms with Crippen LogP contribution in [0.1, 0.15) is 18.6 Å². The second-order valence-corrected chi connectivity index (χ2v) is 6.57. The summed E-state index contributed by atoms with van der Waals surface area (Å²) in [5, 5.41) is 0.656. The molecular formula is C19H20ClNO5. The lowest BCUT2D eigenvalue weighted by molar-refractivity contribution is -0.159. The standard InChI is InChI=1S/C19H20ClNO5/c1-21(18(22)12-25-19(23)17-3-2-10-24-17)11-15-8-9-16(26-15)13-4-6-14(20)7-5-13/h4-9,17H,2-3,10-12H2,1H3/t17-/m1/s1. The number of rotatable bonds is 6. The third-order valence-electron chi connectivity index (χ3n) is 4.14. The summed E-state index contributed by atoms with van der Waals surface area (Å²) in [6.07, 6.45) is 0.935. The Labute approximate surface area is 156 Å². The van der Waals surface area contributed by atoms with E-state index >= 15 is 0 Å². The third-order valence-corrected chi connectivity index (χ3v) is 4.39. The Morgan fingerprint density at radius 2 is 2.00 bits per heavy atom. The van der Waals surface area contributed by atoms with Crippen LogP contribution in [0, 0.1) is 0 Å². The van der Waals surface area contributed by atoms with Crippen LogP contribution in [-0.2, 0) is 25.6 Å². The summed E-state index contributed by atoms with van der Waals surface area (Å²) in [4.78, 5) is 25.4. The lowest BCUT2D eigenvalue weighted by Crippen LogP contribution is -2.32. The molecule has 138 valence electrons. The maximum atomic E-state index is 12.1. The smallest absolute Gasteiger partial charge is 0.335 e. The molecule has 6 nitrogen and oxygen atoms in total. The largest absolute Gasteiger partial charge is 0.459 e. The van der Waals surface area contributed by atoms with Gasteiger partial charge in [0.2, 0.25) is 0 Å². The number of ether oxygens (including phenoxy) is 2. The number of hydrogen-bond donors (Lipinski definition) is 0. The zero-order chi connectivity index (χ0) is 18.5. The summed E-state index contributed by atoms with van der Waals surface area (Å²) >= 11 is 5.88. The minimum atomic E-state index is -0.542. The van der Waals surface area contributed by atoms with Crippen LogP contribution < -0.4 is 0 Å². The molecule has 3 rings (SSSR count). The van der Waals surface area contributed by atoms with Gasteiger partial charge in [-0.05, 0) is 49.2 Å². The molecule has 2 heterocycles. The number of likely N-dealkylation sites (N-methyl/N-ethyl adjacent to an activating group) is 1. The fourth-order valence-corrected chi connectivity index (χ4v) is 2.78. The van der Waals surface area contributed by atoms with Gasteiger partial charge in [0.05, 0.1) is 6.54 Å². The predicted octanol–water partition coefficient (Wildman–Crippen LogP) is 3.28. The number of furan rings is 1. The van der Waals surface area contributed by atoms with Gasteiger partial charge in [0.15, 0.2) is 12.7 Å². The van der Waals surface area contributed by atoms with E-state index in [1.807, 2.05) is 24.3 Å². The quantitative estimate of drug-likeness (QED) is 0.722. The topological polar surface area (TPSA) is 69.0 Å². The zero-order valence-electron chi connectivity index (χ0n) is 14.4. The second kappa shape index (κ2) is 8.38. The average molecular weight is 378 g/mol. The van der Waals surface area contributed by atoms with Crippen LogP contribution in [0.5, 0.6) is 0 Å². The van der Waals surface area contributed by atoms with Crippen molar-refractivity contribution in [2.24, 2.45) is 0 Å². The maximum Gasteiger partial charge on any atom is 0.335 e. The van der Waals surface area contributed by atoms with Gasteiger partial charge in [-0.15, -0.1) is 0 Å². The van der Waals surface area contributed by atoms with E-state index in [0.29, 0.717) is 29.6 Å². The van der Waals surface area contributed by atoms with Crippen molar-refractivity contribution in [1.82, 2.24) is 4.90 Å². The van der Waals surface area contributed by atoms with Crippen molar-refractivity contribution >= 4 is 23.5 Å². The first kappa shape index (κ1) is 18.5. The molecule has 0 aliphatic carbocycles. The number of halogens is 1. The molecule has 7 heteroatoms. The van der Waals surface area contributed by atoms with Crippen molar-refractivity contribution in [2.45, 2.75) is 25.5 Å². The Balaban J connectivity index is 1.51. The maximum absolute atomic E-state index is 12.1. The normalized spacial score (nSPS) is 16.5. The van der Waals surface area contributed by atoms with E-state index in [1.54, 1.807) is 19.2 Å². The van der Waals surface area contributed by atoms with Gasteiger partial charge in [-0.25, -0.2) is 4.79 Å². The first-order valence-corrected chi connectivity index (χ1v) is 8.77. The highest BCUT2D eigenvalue weighted by molar-refractivity contribution is 6.30. The summed E-state index contributed by atoms with van der Waals surface area (Å²) < 4.78 is 16.0. The van der Waals surface area contributed by atoms with E-state index in [0.717, 1.165) is 12.0 Å². The van der Waals surface area contributed by atoms with Crippen LogP contribution in [0.15, 0.2) is 40.8 Å². The lowest BCUT2D eigenvalue weighted by Gasteiger charge is -2.16. The molecule has 0 saturated carbocycles. The number of esters is 1. The second-order valence-electron chi connectivity index (χ2n) is 6.13. The van der Waals surface area contributed by atoms with E-state index in [9.17, 15) is 9.59 Å². The fraction of sp³-hybridized carbons (Fsp3) is 0.368. The molecule has 0 radical (unpaired) electrons. The Hall–Kier alpha value is -2.31. The number of nitrogens with zero attached hydrogens (tertiary/aromatic N) is 1. The molecule has 1 saturated heterocycles. The van der Waals surface area contributed by atoms with Crippen LogP contribution in [-0.4, -0.2) is 43.1 Å². The molecule has 2 aromatic rings. The Kier molecular flexibility index (Phi) is 5.96. The van der Waals surface area contributed by atoms with Crippen LogP contribution in [0.2, 0.25) is 5.02 Å². The molecule has 1 aromatic heterocycles. The predicted molar refractivity (Wildman–Crippen MR) is 95.6 cm³/mol. The monoisotopic (exact) mass is 377 g/mol. The molecule has 1 aliphatic heterocycles. The highest BCUT2D eigenvalue weighted by Crippen LogP contribution is 2.24. The van der Waals surface area contributed by atoms with Gasteiger partial charge in [-0.3, -0.25) is 4.79 Å². The SMILES string of the molecule is CN(Cc1ccc(-c2ccc(Cl)cc2)o1)C(=O)COC(=O)[C@H]1CCCO1. The van der Waals surface area contributed by atoms with Crippen molar-refractivity contribution in [2.75, 3.05) is 20.3 Å². The first-order chi connectivity index (χ1) is 12.5. The zero-order valence-corrected chi connectivity index (χ0v) is 15.2. The molecule has 1 atom stereocenters. The van der Waals surface area contributed by atoms with Crippen LogP contribution in [0.3, 0.4) is 0 Å². The molecule has 1 aromatic carbocycles. The van der Waals surface area contributed by atoms with Gasteiger partial charge < -0.3 is 18.8 Å². The summed E-state index contributed by atoms with van der Waals surface area (Å²) in [5.74, 6) is 0.548. The number of amides is 1. The Morgan fingerprint density at radius 1 is 1.23 bits per heavy atom. The lowest BCUT2D eigenvalue weighted by atomic mass is 10.2. The molecule has 1 amide bonds. The van der Waals surface area contributed by atoms with Crippen molar-refractivity contribution in [3.8, 4) is 11.3 Å². The fourth-order valence-electron chi connectivity index (χ4n) is 2.65. The number of carbonyl (C=O) groups is 2. The summed E-state index contributed by atoms with van der Waals surface area (Å²) in [6.45, 7) is 0.534. The van der Waals surface area contributed by atoms with Crippen LogP contribution >= 0.6 is 11.6 Å².